The van der Waals surface area contributed by atoms with Crippen molar-refractivity contribution in [3.05, 3.63) is 23.2 Å². The second-order valence-electron chi connectivity index (χ2n) is 6.17. The number of rotatable bonds is 11. The van der Waals surface area contributed by atoms with E-state index in [-0.39, 0.29) is 5.75 Å². The van der Waals surface area contributed by atoms with Gasteiger partial charge in [0.25, 0.3) is 0 Å². The van der Waals surface area contributed by atoms with Gasteiger partial charge in [-0.15, -0.1) is 0 Å². The highest BCUT2D eigenvalue weighted by atomic mass is 35.5. The topological polar surface area (TPSA) is 61.8 Å². The van der Waals surface area contributed by atoms with Gasteiger partial charge < -0.3 is 14.2 Å². The quantitative estimate of drug-likeness (QED) is 0.227. The molecule has 0 spiro atoms. The van der Waals surface area contributed by atoms with E-state index in [2.05, 4.69) is 6.92 Å². The largest absolute Gasteiger partial charge is 0.493 e. The van der Waals surface area contributed by atoms with Gasteiger partial charge in [0.05, 0.1) is 13.7 Å². The van der Waals surface area contributed by atoms with Crippen molar-refractivity contribution in [3.8, 4) is 11.5 Å². The van der Waals surface area contributed by atoms with E-state index in [0.29, 0.717) is 30.2 Å². The first kappa shape index (κ1) is 22.3. The second-order valence-corrected chi connectivity index (χ2v) is 6.61. The Bertz CT molecular complexity index is 596. The molecule has 0 N–H and O–H groups in total. The molecule has 6 heteroatoms. The molecular weight excluding hydrogens is 356 g/mol. The molecule has 26 heavy (non-hydrogen) atoms. The first-order chi connectivity index (χ1) is 12.4. The maximum atomic E-state index is 12.8. The van der Waals surface area contributed by atoms with Crippen LogP contribution in [0, 0.1) is 5.41 Å². The molecule has 1 rings (SSSR count). The minimum atomic E-state index is -1.32. The maximum absolute atomic E-state index is 12.8. The molecule has 0 aromatic heterocycles. The summed E-state index contributed by atoms with van der Waals surface area (Å²) in [6.45, 7) is 5.99. The molecule has 5 nitrogen and oxygen atoms in total. The third-order valence-electron chi connectivity index (χ3n) is 4.55. The first-order valence-corrected chi connectivity index (χ1v) is 9.56. The first-order valence-electron chi connectivity index (χ1n) is 9.18. The zero-order valence-corrected chi connectivity index (χ0v) is 16.9. The molecule has 0 aliphatic carbocycles. The molecule has 0 amide bonds. The van der Waals surface area contributed by atoms with Crippen molar-refractivity contribution in [1.82, 2.24) is 0 Å². The van der Waals surface area contributed by atoms with E-state index in [9.17, 15) is 9.59 Å². The highest BCUT2D eigenvalue weighted by Crippen LogP contribution is 2.35. The Balaban J connectivity index is 2.86. The second kappa shape index (κ2) is 11.1. The van der Waals surface area contributed by atoms with Crippen molar-refractivity contribution >= 4 is 23.5 Å². The fourth-order valence-electron chi connectivity index (χ4n) is 2.67. The van der Waals surface area contributed by atoms with Gasteiger partial charge in [0, 0.05) is 11.1 Å². The lowest BCUT2D eigenvalue weighted by Gasteiger charge is -2.27. The minimum absolute atomic E-state index is 0.226. The standard InChI is InChI=1S/C20H29ClO5/c1-5-8-9-10-13-25-18(22)20(6-2,7-3)19(23)26-16-12-11-15(21)14-17(16)24-4/h11-12,14H,5-10,13H2,1-4H3. The SMILES string of the molecule is CCCCCCOC(=O)C(CC)(CC)C(=O)Oc1ccc(Cl)cc1OC. The Hall–Kier alpha value is -1.75. The molecule has 0 bridgehead atoms. The van der Waals surface area contributed by atoms with E-state index in [1.165, 1.54) is 7.11 Å². The fourth-order valence-corrected chi connectivity index (χ4v) is 2.83. The Morgan fingerprint density at radius 2 is 1.69 bits per heavy atom. The van der Waals surface area contributed by atoms with Gasteiger partial charge in [-0.1, -0.05) is 51.6 Å². The maximum Gasteiger partial charge on any atom is 0.328 e. The molecule has 1 aromatic carbocycles. The zero-order chi connectivity index (χ0) is 19.6. The summed E-state index contributed by atoms with van der Waals surface area (Å²) in [7, 11) is 1.46. The number of hydrogen-bond acceptors (Lipinski definition) is 5. The zero-order valence-electron chi connectivity index (χ0n) is 16.1. The van der Waals surface area contributed by atoms with Crippen LogP contribution < -0.4 is 9.47 Å². The molecular formula is C20H29ClO5. The number of carbonyl (C=O) groups is 2. The molecule has 0 saturated heterocycles. The molecule has 146 valence electrons. The summed E-state index contributed by atoms with van der Waals surface area (Å²) in [5.41, 5.74) is -1.32. The lowest BCUT2D eigenvalue weighted by Crippen LogP contribution is -2.42. The lowest BCUT2D eigenvalue weighted by atomic mass is 9.82. The predicted molar refractivity (Wildman–Crippen MR) is 102 cm³/mol. The van der Waals surface area contributed by atoms with E-state index in [4.69, 9.17) is 25.8 Å². The minimum Gasteiger partial charge on any atom is -0.493 e. The van der Waals surface area contributed by atoms with Crippen LogP contribution in [-0.2, 0) is 14.3 Å². The molecule has 0 unspecified atom stereocenters. The predicted octanol–water partition coefficient (Wildman–Crippen LogP) is 5.18. The molecule has 0 heterocycles. The molecule has 0 fully saturated rings. The van der Waals surface area contributed by atoms with Crippen LogP contribution in [0.2, 0.25) is 5.02 Å². The van der Waals surface area contributed by atoms with Crippen LogP contribution in [0.3, 0.4) is 0 Å². The van der Waals surface area contributed by atoms with Gasteiger partial charge >= 0.3 is 11.9 Å². The van der Waals surface area contributed by atoms with Crippen LogP contribution in [0.1, 0.15) is 59.3 Å². The van der Waals surface area contributed by atoms with E-state index in [1.807, 2.05) is 0 Å². The molecule has 0 radical (unpaired) electrons. The summed E-state index contributed by atoms with van der Waals surface area (Å²) in [6, 6.07) is 4.69. The van der Waals surface area contributed by atoms with Gasteiger partial charge in [-0.3, -0.25) is 9.59 Å². The Morgan fingerprint density at radius 3 is 2.27 bits per heavy atom. The monoisotopic (exact) mass is 384 g/mol. The number of carbonyl (C=O) groups excluding carboxylic acids is 2. The number of methoxy groups -OCH3 is 1. The van der Waals surface area contributed by atoms with E-state index < -0.39 is 17.4 Å². The number of halogens is 1. The third-order valence-corrected chi connectivity index (χ3v) is 4.78. The van der Waals surface area contributed by atoms with Crippen LogP contribution in [0.25, 0.3) is 0 Å². The van der Waals surface area contributed by atoms with E-state index in [1.54, 1.807) is 32.0 Å². The van der Waals surface area contributed by atoms with Crippen LogP contribution in [-0.4, -0.2) is 25.7 Å². The number of esters is 2. The average Bonchev–Trinajstić information content (AvgIpc) is 2.64. The van der Waals surface area contributed by atoms with Gasteiger partial charge in [0.2, 0.25) is 0 Å². The van der Waals surface area contributed by atoms with Crippen LogP contribution in [0.5, 0.6) is 11.5 Å². The summed E-state index contributed by atoms with van der Waals surface area (Å²) in [5.74, 6) is -0.609. The Morgan fingerprint density at radius 1 is 1.00 bits per heavy atom. The number of hydrogen-bond donors (Lipinski definition) is 0. The molecule has 0 aliphatic rings. The lowest BCUT2D eigenvalue weighted by molar-refractivity contribution is -0.168. The Labute approximate surface area is 161 Å². The summed E-state index contributed by atoms with van der Waals surface area (Å²) in [4.78, 5) is 25.4. The highest BCUT2D eigenvalue weighted by Gasteiger charge is 2.46. The van der Waals surface area contributed by atoms with E-state index in [0.717, 1.165) is 25.7 Å². The number of ether oxygens (including phenoxy) is 3. The highest BCUT2D eigenvalue weighted by molar-refractivity contribution is 6.30. The summed E-state index contributed by atoms with van der Waals surface area (Å²) < 4.78 is 16.1. The van der Waals surface area contributed by atoms with Crippen molar-refractivity contribution < 1.29 is 23.8 Å². The smallest absolute Gasteiger partial charge is 0.328 e. The van der Waals surface area contributed by atoms with Gasteiger partial charge in [0.1, 0.15) is 0 Å². The van der Waals surface area contributed by atoms with Gasteiger partial charge in [-0.05, 0) is 31.4 Å². The van der Waals surface area contributed by atoms with Crippen molar-refractivity contribution in [2.45, 2.75) is 59.3 Å². The average molecular weight is 385 g/mol. The van der Waals surface area contributed by atoms with Gasteiger partial charge in [0.15, 0.2) is 16.9 Å². The van der Waals surface area contributed by atoms with Crippen LogP contribution in [0.4, 0.5) is 0 Å². The summed E-state index contributed by atoms with van der Waals surface area (Å²) in [5, 5.41) is 0.463. The summed E-state index contributed by atoms with van der Waals surface area (Å²) in [6.07, 6.45) is 4.60. The van der Waals surface area contributed by atoms with Crippen LogP contribution >= 0.6 is 11.6 Å². The van der Waals surface area contributed by atoms with Crippen LogP contribution in [0.15, 0.2) is 18.2 Å². The normalized spacial score (nSPS) is 11.1. The molecule has 0 atom stereocenters. The molecule has 0 aliphatic heterocycles. The van der Waals surface area contributed by atoms with Crippen molar-refractivity contribution in [1.29, 1.82) is 0 Å². The Kier molecular flexibility index (Phi) is 9.49. The molecule has 0 saturated carbocycles. The van der Waals surface area contributed by atoms with Crippen molar-refractivity contribution in [2.75, 3.05) is 13.7 Å². The fraction of sp³-hybridized carbons (Fsp3) is 0.600. The summed E-state index contributed by atoms with van der Waals surface area (Å²) >= 11 is 5.93. The van der Waals surface area contributed by atoms with E-state index >= 15 is 0 Å². The number of unbranched alkanes of at least 4 members (excludes halogenated alkanes) is 3. The molecule has 1 aromatic rings. The van der Waals surface area contributed by atoms with Gasteiger partial charge in [-0.25, -0.2) is 0 Å². The number of benzene rings is 1. The van der Waals surface area contributed by atoms with Crippen molar-refractivity contribution in [3.63, 3.8) is 0 Å². The third kappa shape index (κ3) is 5.63. The van der Waals surface area contributed by atoms with Crippen molar-refractivity contribution in [2.24, 2.45) is 5.41 Å². The van der Waals surface area contributed by atoms with Gasteiger partial charge in [-0.2, -0.15) is 0 Å².